The summed E-state index contributed by atoms with van der Waals surface area (Å²) in [5.41, 5.74) is 0.587. The van der Waals surface area contributed by atoms with E-state index in [2.05, 4.69) is 38.7 Å². The summed E-state index contributed by atoms with van der Waals surface area (Å²) in [5, 5.41) is 20.2. The lowest BCUT2D eigenvalue weighted by molar-refractivity contribution is -0.0382. The summed E-state index contributed by atoms with van der Waals surface area (Å²) in [5.74, 6) is 0.832. The smallest absolute Gasteiger partial charge is 0.165 e. The Kier molecular flexibility index (Phi) is 5.26. The fraction of sp³-hybridized carbons (Fsp3) is 0.737. The monoisotopic (exact) mass is 390 g/mol. The van der Waals surface area contributed by atoms with Crippen molar-refractivity contribution in [2.75, 3.05) is 38.3 Å². The Balaban J connectivity index is 1.61. The van der Waals surface area contributed by atoms with Gasteiger partial charge in [-0.2, -0.15) is 0 Å². The van der Waals surface area contributed by atoms with Gasteiger partial charge in [0.1, 0.15) is 11.9 Å². The van der Waals surface area contributed by atoms with Crippen LogP contribution in [0, 0.1) is 0 Å². The van der Waals surface area contributed by atoms with E-state index in [1.54, 1.807) is 12.7 Å². The normalized spacial score (nSPS) is 30.8. The molecular weight excluding hydrogens is 360 g/mol. The number of nitrogens with zero attached hydrogens (tertiary/aromatic N) is 6. The highest BCUT2D eigenvalue weighted by molar-refractivity contribution is 5.83. The molecule has 0 radical (unpaired) electrons. The molecule has 2 aliphatic heterocycles. The van der Waals surface area contributed by atoms with Gasteiger partial charge in [-0.1, -0.05) is 0 Å². The fourth-order valence-electron chi connectivity index (χ4n) is 4.60. The summed E-state index contributed by atoms with van der Waals surface area (Å²) in [6.45, 7) is 6.77. The van der Waals surface area contributed by atoms with Gasteiger partial charge in [0.05, 0.1) is 25.6 Å². The molecule has 2 N–H and O–H groups in total. The molecule has 2 aromatic rings. The number of hydrogen-bond donors (Lipinski definition) is 2. The van der Waals surface area contributed by atoms with E-state index in [9.17, 15) is 10.2 Å². The van der Waals surface area contributed by atoms with Crippen molar-refractivity contribution in [2.24, 2.45) is 0 Å². The van der Waals surface area contributed by atoms with Crippen LogP contribution >= 0.6 is 0 Å². The summed E-state index contributed by atoms with van der Waals surface area (Å²) in [6, 6.07) is 0.615. The highest BCUT2D eigenvalue weighted by atomic mass is 16.5. The first kappa shape index (κ1) is 19.5. The minimum Gasteiger partial charge on any atom is -0.395 e. The van der Waals surface area contributed by atoms with E-state index in [1.807, 2.05) is 11.5 Å². The predicted octanol–water partition coefficient (Wildman–Crippen LogP) is 0.258. The summed E-state index contributed by atoms with van der Waals surface area (Å²) < 4.78 is 7.46. The van der Waals surface area contributed by atoms with E-state index in [0.29, 0.717) is 32.2 Å². The highest BCUT2D eigenvalue weighted by Crippen LogP contribution is 2.32. The first-order valence-electron chi connectivity index (χ1n) is 10.0. The summed E-state index contributed by atoms with van der Waals surface area (Å²) in [7, 11) is 2.05. The maximum Gasteiger partial charge on any atom is 0.165 e. The Morgan fingerprint density at radius 3 is 2.86 bits per heavy atom. The molecule has 9 nitrogen and oxygen atoms in total. The summed E-state index contributed by atoms with van der Waals surface area (Å²) >= 11 is 0. The minimum atomic E-state index is -0.905. The van der Waals surface area contributed by atoms with Crippen LogP contribution in [0.25, 0.3) is 11.2 Å². The lowest BCUT2D eigenvalue weighted by atomic mass is 9.97. The number of fused-ring (bicyclic) bond motifs is 1. The quantitative estimate of drug-likeness (QED) is 0.725. The van der Waals surface area contributed by atoms with Crippen LogP contribution in [0.15, 0.2) is 12.7 Å². The first-order valence-corrected chi connectivity index (χ1v) is 10.0. The number of hydrogen-bond acceptors (Lipinski definition) is 8. The van der Waals surface area contributed by atoms with Crippen molar-refractivity contribution >= 4 is 17.0 Å². The van der Waals surface area contributed by atoms with Crippen molar-refractivity contribution in [3.05, 3.63) is 12.7 Å². The van der Waals surface area contributed by atoms with Crippen LogP contribution < -0.4 is 4.90 Å². The van der Waals surface area contributed by atoms with Crippen LogP contribution in [0.1, 0.15) is 26.7 Å². The van der Waals surface area contributed by atoms with Crippen LogP contribution in [0.5, 0.6) is 0 Å². The zero-order chi connectivity index (χ0) is 19.9. The number of aromatic nitrogens is 4. The largest absolute Gasteiger partial charge is 0.395 e. The fourth-order valence-corrected chi connectivity index (χ4v) is 4.60. The van der Waals surface area contributed by atoms with Crippen molar-refractivity contribution in [3.63, 3.8) is 0 Å². The molecule has 0 amide bonds. The second kappa shape index (κ2) is 7.55. The number of aliphatic hydroxyl groups excluding tert-OH is 1. The molecule has 4 atom stereocenters. The number of aliphatic hydroxyl groups is 2. The molecule has 0 spiro atoms. The van der Waals surface area contributed by atoms with Crippen LogP contribution in [0.2, 0.25) is 0 Å². The van der Waals surface area contributed by atoms with E-state index in [1.165, 1.54) is 0 Å². The number of imidazole rings is 1. The second-order valence-electron chi connectivity index (χ2n) is 8.10. The topological polar surface area (TPSA) is 99.8 Å². The zero-order valence-corrected chi connectivity index (χ0v) is 16.8. The standard InChI is InChI=1S/C19H30N6O3/c1-13-15(23(3)7-8-26)4-6-25(13)18-16-17(20-11-21-18)24(12-22-16)10-19(27)5-9-28-14(19)2/h11-15,26-27H,4-10H2,1-3H3/t13-,14?,15-,19?/m1/s1. The SMILES string of the molecule is CC1OCCC1(O)Cn1cnc2c(N3CC[C@@H](N(C)CCO)[C@H]3C)ncnc21. The van der Waals surface area contributed by atoms with Gasteiger partial charge in [0, 0.05) is 38.2 Å². The van der Waals surface area contributed by atoms with Crippen molar-refractivity contribution in [1.29, 1.82) is 0 Å². The van der Waals surface area contributed by atoms with Gasteiger partial charge in [-0.05, 0) is 27.3 Å². The van der Waals surface area contributed by atoms with Gasteiger partial charge in [0.15, 0.2) is 17.0 Å². The first-order chi connectivity index (χ1) is 13.4. The van der Waals surface area contributed by atoms with Gasteiger partial charge in [-0.15, -0.1) is 0 Å². The molecular formula is C19H30N6O3. The van der Waals surface area contributed by atoms with E-state index in [-0.39, 0.29) is 18.8 Å². The number of rotatable bonds is 6. The van der Waals surface area contributed by atoms with Crippen molar-refractivity contribution in [3.8, 4) is 0 Å². The maximum absolute atomic E-state index is 10.9. The molecule has 4 heterocycles. The molecule has 4 rings (SSSR count). The van der Waals surface area contributed by atoms with Crippen molar-refractivity contribution in [2.45, 2.75) is 57.0 Å². The maximum atomic E-state index is 10.9. The van der Waals surface area contributed by atoms with Gasteiger partial charge in [0.25, 0.3) is 0 Å². The lowest BCUT2D eigenvalue weighted by Gasteiger charge is -2.31. The Morgan fingerprint density at radius 2 is 2.14 bits per heavy atom. The zero-order valence-electron chi connectivity index (χ0n) is 16.8. The van der Waals surface area contributed by atoms with Crippen LogP contribution in [-0.2, 0) is 11.3 Å². The third-order valence-electron chi connectivity index (χ3n) is 6.49. The Bertz CT molecular complexity index is 829. The third kappa shape index (κ3) is 3.26. The van der Waals surface area contributed by atoms with Crippen LogP contribution in [-0.4, -0.2) is 91.8 Å². The summed E-state index contributed by atoms with van der Waals surface area (Å²) in [4.78, 5) is 18.1. The number of likely N-dealkylation sites (N-methyl/N-ethyl adjacent to an activating group) is 1. The molecule has 0 aromatic carbocycles. The molecule has 2 saturated heterocycles. The average molecular weight is 390 g/mol. The molecule has 2 fully saturated rings. The molecule has 28 heavy (non-hydrogen) atoms. The summed E-state index contributed by atoms with van der Waals surface area (Å²) in [6.07, 6.45) is 4.72. The molecule has 154 valence electrons. The molecule has 2 unspecified atom stereocenters. The predicted molar refractivity (Wildman–Crippen MR) is 105 cm³/mol. The molecule has 0 bridgehead atoms. The third-order valence-corrected chi connectivity index (χ3v) is 6.49. The van der Waals surface area contributed by atoms with Crippen LogP contribution in [0.3, 0.4) is 0 Å². The Hall–Kier alpha value is -1.81. The number of ether oxygens (including phenoxy) is 1. The van der Waals surface area contributed by atoms with Crippen molar-refractivity contribution in [1.82, 2.24) is 24.4 Å². The highest BCUT2D eigenvalue weighted by Gasteiger charge is 2.40. The lowest BCUT2D eigenvalue weighted by Crippen LogP contribution is -2.43. The molecule has 0 saturated carbocycles. The van der Waals surface area contributed by atoms with E-state index >= 15 is 0 Å². The average Bonchev–Trinajstić information content (AvgIpc) is 3.34. The molecule has 0 aliphatic carbocycles. The van der Waals surface area contributed by atoms with Crippen molar-refractivity contribution < 1.29 is 14.9 Å². The van der Waals surface area contributed by atoms with E-state index in [4.69, 9.17) is 4.74 Å². The van der Waals surface area contributed by atoms with Gasteiger partial charge in [0.2, 0.25) is 0 Å². The van der Waals surface area contributed by atoms with Gasteiger partial charge in [-0.25, -0.2) is 15.0 Å². The van der Waals surface area contributed by atoms with Gasteiger partial charge < -0.3 is 24.4 Å². The molecule has 2 aliphatic rings. The number of anilines is 1. The van der Waals surface area contributed by atoms with E-state index in [0.717, 1.165) is 29.9 Å². The Labute approximate surface area is 165 Å². The van der Waals surface area contributed by atoms with Crippen LogP contribution in [0.4, 0.5) is 5.82 Å². The molecule has 2 aromatic heterocycles. The Morgan fingerprint density at radius 1 is 1.32 bits per heavy atom. The van der Waals surface area contributed by atoms with Gasteiger partial charge in [-0.3, -0.25) is 4.90 Å². The minimum absolute atomic E-state index is 0.160. The van der Waals surface area contributed by atoms with E-state index < -0.39 is 5.60 Å². The van der Waals surface area contributed by atoms with Gasteiger partial charge >= 0.3 is 0 Å². The second-order valence-corrected chi connectivity index (χ2v) is 8.10. The molecule has 9 heteroatoms.